The van der Waals surface area contributed by atoms with Crippen LogP contribution in [0.25, 0.3) is 93.9 Å². The summed E-state index contributed by atoms with van der Waals surface area (Å²) >= 11 is 5.36. The summed E-state index contributed by atoms with van der Waals surface area (Å²) in [4.78, 5) is 16.5. The van der Waals surface area contributed by atoms with Crippen LogP contribution < -0.4 is 0 Å². The van der Waals surface area contributed by atoms with E-state index in [1.54, 1.807) is 0 Å². The minimum atomic E-state index is 0.535. The fourth-order valence-electron chi connectivity index (χ4n) is 8.19. The number of thiol groups is 1. The Morgan fingerprint density at radius 3 is 2.44 bits per heavy atom. The zero-order valence-electron chi connectivity index (χ0n) is 30.5. The molecule has 1 aliphatic rings. The van der Waals surface area contributed by atoms with E-state index in [1.165, 1.54) is 16.3 Å². The van der Waals surface area contributed by atoms with Gasteiger partial charge in [0.1, 0.15) is 5.65 Å². The number of para-hydroxylation sites is 2. The lowest BCUT2D eigenvalue weighted by atomic mass is 9.94. The molecule has 4 heterocycles. The largest absolute Gasteiger partial charge is 0.310 e. The number of benzene rings is 5. The normalized spacial score (nSPS) is 13.4. The van der Waals surface area contributed by atoms with Gasteiger partial charge in [0.05, 0.1) is 27.8 Å². The topological polar surface area (TPSA) is 48.5 Å². The number of pyridine rings is 1. The standard InChI is InChI=1S/C49H35N5S/c1-3-5-19-33(4-2)53-41-26-15-13-20-34(41)39-30-32(27-28-42(39)53)45-37-23-12-14-25-40(37)51-49(52-45)54-46-44(38-24-16-29-50-48(38)54)36-22-11-10-21-35(36)43(47(46)55)31-17-8-6-7-9-18-31/h4-6,8,10-17,19-30,55H,3,7H2,1-2H3/b19-5-,33-4+. The third-order valence-corrected chi connectivity index (χ3v) is 11.0. The second-order valence-corrected chi connectivity index (χ2v) is 14.2. The van der Waals surface area contributed by atoms with Crippen LogP contribution in [-0.4, -0.2) is 24.1 Å². The first-order valence-electron chi connectivity index (χ1n) is 18.7. The predicted octanol–water partition coefficient (Wildman–Crippen LogP) is 12.5. The molecule has 0 fully saturated rings. The summed E-state index contributed by atoms with van der Waals surface area (Å²) in [6, 6.07) is 36.3. The molecule has 5 aromatic carbocycles. The third-order valence-electron chi connectivity index (χ3n) is 10.6. The first kappa shape index (κ1) is 32.9. The minimum absolute atomic E-state index is 0.535. The molecule has 0 radical (unpaired) electrons. The van der Waals surface area contributed by atoms with E-state index in [9.17, 15) is 0 Å². The van der Waals surface area contributed by atoms with Crippen LogP contribution in [0.15, 0.2) is 151 Å². The summed E-state index contributed by atoms with van der Waals surface area (Å²) in [6.45, 7) is 4.26. The van der Waals surface area contributed by atoms with Crippen LogP contribution in [0.2, 0.25) is 0 Å². The molecule has 0 unspecified atom stereocenters. The molecule has 10 rings (SSSR count). The summed E-state index contributed by atoms with van der Waals surface area (Å²) in [5.41, 5.74) is 9.77. The van der Waals surface area contributed by atoms with Crippen LogP contribution in [0.5, 0.6) is 0 Å². The van der Waals surface area contributed by atoms with Gasteiger partial charge in [0.25, 0.3) is 0 Å². The fraction of sp³-hybridized carbons (Fsp3) is 0.0816. The number of nitrogens with zero attached hydrogens (tertiary/aromatic N) is 5. The average molecular weight is 726 g/mol. The van der Waals surface area contributed by atoms with Crippen molar-refractivity contribution in [2.24, 2.45) is 0 Å². The number of aromatic nitrogens is 5. The molecule has 0 aliphatic heterocycles. The molecule has 0 atom stereocenters. The highest BCUT2D eigenvalue weighted by molar-refractivity contribution is 7.80. The molecule has 0 amide bonds. The molecular formula is C49H35N5S. The number of hydrogen-bond acceptors (Lipinski definition) is 4. The molecule has 1 aliphatic carbocycles. The number of allylic oxidation sites excluding steroid dienone is 8. The number of rotatable bonds is 6. The van der Waals surface area contributed by atoms with Crippen molar-refractivity contribution in [1.82, 2.24) is 24.1 Å². The van der Waals surface area contributed by atoms with E-state index in [0.717, 1.165) is 88.5 Å². The summed E-state index contributed by atoms with van der Waals surface area (Å²) < 4.78 is 4.45. The Balaban J connectivity index is 1.29. The molecule has 0 spiro atoms. The van der Waals surface area contributed by atoms with E-state index in [0.29, 0.717) is 12.4 Å². The van der Waals surface area contributed by atoms with Gasteiger partial charge in [-0.25, -0.2) is 15.0 Å². The maximum absolute atomic E-state index is 5.47. The van der Waals surface area contributed by atoms with E-state index < -0.39 is 0 Å². The molecular weight excluding hydrogens is 691 g/mol. The van der Waals surface area contributed by atoms with E-state index in [4.69, 9.17) is 27.6 Å². The molecule has 0 saturated carbocycles. The second kappa shape index (κ2) is 13.3. The lowest BCUT2D eigenvalue weighted by molar-refractivity contribution is 0.990. The Hall–Kier alpha value is -6.68. The summed E-state index contributed by atoms with van der Waals surface area (Å²) in [5.74, 6) is 7.27. The van der Waals surface area contributed by atoms with Crippen molar-refractivity contribution in [2.75, 3.05) is 0 Å². The van der Waals surface area contributed by atoms with Gasteiger partial charge in [-0.15, -0.1) is 12.6 Å². The van der Waals surface area contributed by atoms with Crippen molar-refractivity contribution in [3.05, 3.63) is 151 Å². The van der Waals surface area contributed by atoms with Crippen LogP contribution >= 0.6 is 12.6 Å². The summed E-state index contributed by atoms with van der Waals surface area (Å²) in [7, 11) is 0. The van der Waals surface area contributed by atoms with Crippen molar-refractivity contribution in [3.63, 3.8) is 0 Å². The number of fused-ring (bicyclic) bond motifs is 9. The quantitative estimate of drug-likeness (QED) is 0.105. The zero-order valence-corrected chi connectivity index (χ0v) is 31.3. The van der Waals surface area contributed by atoms with Gasteiger partial charge < -0.3 is 4.57 Å². The molecule has 0 bridgehead atoms. The smallest absolute Gasteiger partial charge is 0.237 e. The molecule has 55 heavy (non-hydrogen) atoms. The van der Waals surface area contributed by atoms with Crippen LogP contribution in [-0.2, 0) is 0 Å². The molecule has 0 N–H and O–H groups in total. The highest BCUT2D eigenvalue weighted by Crippen LogP contribution is 2.44. The molecule has 4 aromatic heterocycles. The third kappa shape index (κ3) is 5.15. The lowest BCUT2D eigenvalue weighted by Crippen LogP contribution is -2.05. The van der Waals surface area contributed by atoms with E-state index in [-0.39, 0.29) is 0 Å². The Kier molecular flexibility index (Phi) is 7.97. The monoisotopic (exact) mass is 725 g/mol. The highest BCUT2D eigenvalue weighted by Gasteiger charge is 2.25. The van der Waals surface area contributed by atoms with Gasteiger partial charge in [0.2, 0.25) is 5.95 Å². The molecule has 262 valence electrons. The van der Waals surface area contributed by atoms with Crippen LogP contribution in [0.1, 0.15) is 32.3 Å². The van der Waals surface area contributed by atoms with Crippen molar-refractivity contribution in [3.8, 4) is 29.0 Å². The first-order chi connectivity index (χ1) is 27.2. The van der Waals surface area contributed by atoms with Crippen molar-refractivity contribution >= 4 is 89.3 Å². The van der Waals surface area contributed by atoms with Gasteiger partial charge in [-0.1, -0.05) is 110 Å². The van der Waals surface area contributed by atoms with Crippen molar-refractivity contribution < 1.29 is 0 Å². The summed E-state index contributed by atoms with van der Waals surface area (Å²) in [6.07, 6.45) is 16.4. The molecule has 5 nitrogen and oxygen atoms in total. The number of hydrogen-bond donors (Lipinski definition) is 1. The predicted molar refractivity (Wildman–Crippen MR) is 234 cm³/mol. The SMILES string of the molecule is C/C=C(\C=C/CC)n1c2ccccc2c2cc(-c3nc(-n4c5ncccc5c5c6ccccc6c(C6=CC=CCC#C6)c(S)c54)nc4ccccc34)ccc21. The van der Waals surface area contributed by atoms with Gasteiger partial charge in [0, 0.05) is 66.8 Å². The Labute approximate surface area is 324 Å². The van der Waals surface area contributed by atoms with Crippen molar-refractivity contribution in [2.45, 2.75) is 31.6 Å². The van der Waals surface area contributed by atoms with E-state index in [1.807, 2.05) is 18.3 Å². The van der Waals surface area contributed by atoms with Crippen LogP contribution in [0.3, 0.4) is 0 Å². The van der Waals surface area contributed by atoms with Crippen LogP contribution in [0, 0.1) is 11.8 Å². The van der Waals surface area contributed by atoms with E-state index in [2.05, 4.69) is 162 Å². The lowest BCUT2D eigenvalue weighted by Gasteiger charge is -2.15. The fourth-order valence-corrected chi connectivity index (χ4v) is 8.64. The minimum Gasteiger partial charge on any atom is -0.310 e. The maximum atomic E-state index is 5.47. The highest BCUT2D eigenvalue weighted by atomic mass is 32.1. The van der Waals surface area contributed by atoms with Gasteiger partial charge >= 0.3 is 0 Å². The van der Waals surface area contributed by atoms with Gasteiger partial charge in [-0.2, -0.15) is 0 Å². The van der Waals surface area contributed by atoms with E-state index >= 15 is 0 Å². The Morgan fingerprint density at radius 1 is 0.818 bits per heavy atom. The first-order valence-corrected chi connectivity index (χ1v) is 19.1. The average Bonchev–Trinajstić information content (AvgIpc) is 3.61. The Morgan fingerprint density at radius 2 is 1.58 bits per heavy atom. The molecule has 0 saturated heterocycles. The van der Waals surface area contributed by atoms with Crippen molar-refractivity contribution in [1.29, 1.82) is 0 Å². The molecule has 6 heteroatoms. The van der Waals surface area contributed by atoms with Crippen LogP contribution in [0.4, 0.5) is 0 Å². The maximum Gasteiger partial charge on any atom is 0.237 e. The second-order valence-electron chi connectivity index (χ2n) is 13.7. The zero-order chi connectivity index (χ0) is 37.0. The van der Waals surface area contributed by atoms with Gasteiger partial charge in [-0.05, 0) is 72.7 Å². The molecule has 9 aromatic rings. The van der Waals surface area contributed by atoms with Gasteiger partial charge in [0.15, 0.2) is 0 Å². The van der Waals surface area contributed by atoms with Gasteiger partial charge in [-0.3, -0.25) is 4.57 Å². The Bertz CT molecular complexity index is 3250. The summed E-state index contributed by atoms with van der Waals surface area (Å²) in [5, 5.41) is 7.62.